The lowest BCUT2D eigenvalue weighted by Crippen LogP contribution is -2.66. The molecule has 3 saturated heterocycles. The molecular weight excluding hydrogens is 606 g/mol. The van der Waals surface area contributed by atoms with E-state index in [4.69, 9.17) is 4.74 Å². The van der Waals surface area contributed by atoms with E-state index in [0.717, 1.165) is 32.1 Å². The second-order valence-corrected chi connectivity index (χ2v) is 16.7. The first-order valence-corrected chi connectivity index (χ1v) is 17.9. The molecular formula is C32H42F2N4O6S. The summed E-state index contributed by atoms with van der Waals surface area (Å²) in [5.74, 6) is -3.03. The van der Waals surface area contributed by atoms with Crippen molar-refractivity contribution in [2.24, 2.45) is 11.8 Å². The van der Waals surface area contributed by atoms with Crippen LogP contribution in [0.15, 0.2) is 18.2 Å². The van der Waals surface area contributed by atoms with Gasteiger partial charge in [-0.3, -0.25) is 24.6 Å². The van der Waals surface area contributed by atoms with Crippen LogP contribution in [0.1, 0.15) is 87.1 Å². The van der Waals surface area contributed by atoms with Crippen LogP contribution in [0.5, 0.6) is 5.75 Å². The van der Waals surface area contributed by atoms with Gasteiger partial charge in [-0.2, -0.15) is 0 Å². The fourth-order valence-electron chi connectivity index (χ4n) is 8.45. The highest BCUT2D eigenvalue weighted by Gasteiger charge is 2.55. The Morgan fingerprint density at radius 2 is 1.69 bits per heavy atom. The second-order valence-electron chi connectivity index (χ2n) is 14.2. The van der Waals surface area contributed by atoms with E-state index >= 15 is 8.78 Å². The van der Waals surface area contributed by atoms with Crippen molar-refractivity contribution in [1.29, 1.82) is 0 Å². The summed E-state index contributed by atoms with van der Waals surface area (Å²) in [6.45, 7) is 4.15. The van der Waals surface area contributed by atoms with Gasteiger partial charge in [0.15, 0.2) is 0 Å². The SMILES string of the molecule is CC1(S(=O)(=O)N2CCC(C3CN([C@@H]4[C@@H](Oc5ccc6c(c5)CN(C5CCC(=O)NC5=O)C6=O)CCCC4(F)F)C3)CC2)CCC1. The molecule has 3 amide bonds. The molecule has 1 aromatic carbocycles. The number of hydrogen-bond acceptors (Lipinski definition) is 7. The molecule has 6 aliphatic rings. The third-order valence-electron chi connectivity index (χ3n) is 11.4. The molecule has 4 heterocycles. The number of rotatable bonds is 7. The van der Waals surface area contributed by atoms with Gasteiger partial charge in [-0.25, -0.2) is 21.5 Å². The Kier molecular flexibility index (Phi) is 7.75. The summed E-state index contributed by atoms with van der Waals surface area (Å²) in [4.78, 5) is 40.3. The highest BCUT2D eigenvalue weighted by Crippen LogP contribution is 2.45. The second kappa shape index (κ2) is 11.3. The monoisotopic (exact) mass is 648 g/mol. The van der Waals surface area contributed by atoms with Crippen LogP contribution >= 0.6 is 0 Å². The van der Waals surface area contributed by atoms with Gasteiger partial charge < -0.3 is 9.64 Å². The number of alkyl halides is 2. The Morgan fingerprint density at radius 1 is 0.956 bits per heavy atom. The molecule has 0 radical (unpaired) electrons. The largest absolute Gasteiger partial charge is 0.489 e. The van der Waals surface area contributed by atoms with Crippen molar-refractivity contribution in [2.45, 2.75) is 107 Å². The predicted octanol–water partition coefficient (Wildman–Crippen LogP) is 3.30. The summed E-state index contributed by atoms with van der Waals surface area (Å²) in [5.41, 5.74) is 1.12. The lowest BCUT2D eigenvalue weighted by Gasteiger charge is -2.53. The quantitative estimate of drug-likeness (QED) is 0.451. The Bertz CT molecular complexity index is 1490. The van der Waals surface area contributed by atoms with Crippen LogP contribution in [0.25, 0.3) is 0 Å². The lowest BCUT2D eigenvalue weighted by atomic mass is 9.77. The summed E-state index contributed by atoms with van der Waals surface area (Å²) in [7, 11) is -3.31. The maximum atomic E-state index is 15.5. The molecule has 0 spiro atoms. The summed E-state index contributed by atoms with van der Waals surface area (Å²) >= 11 is 0. The number of imide groups is 1. The number of nitrogens with one attached hydrogen (secondary N) is 1. The van der Waals surface area contributed by atoms with E-state index < -0.39 is 44.8 Å². The molecule has 7 rings (SSSR count). The highest BCUT2D eigenvalue weighted by atomic mass is 32.2. The first-order chi connectivity index (χ1) is 21.4. The number of likely N-dealkylation sites (tertiary alicyclic amines) is 1. The average molecular weight is 649 g/mol. The zero-order chi connectivity index (χ0) is 31.7. The van der Waals surface area contributed by atoms with E-state index in [1.54, 1.807) is 22.5 Å². The molecule has 13 heteroatoms. The fraction of sp³-hybridized carbons (Fsp3) is 0.719. The molecule has 45 heavy (non-hydrogen) atoms. The van der Waals surface area contributed by atoms with Gasteiger partial charge in [-0.05, 0) is 87.5 Å². The van der Waals surface area contributed by atoms with Crippen molar-refractivity contribution >= 4 is 27.7 Å². The number of piperidine rings is 2. The van der Waals surface area contributed by atoms with Crippen molar-refractivity contribution in [3.63, 3.8) is 0 Å². The van der Waals surface area contributed by atoms with Gasteiger partial charge in [0.25, 0.3) is 11.8 Å². The first kappa shape index (κ1) is 31.0. The van der Waals surface area contributed by atoms with E-state index in [2.05, 4.69) is 5.32 Å². The molecule has 246 valence electrons. The van der Waals surface area contributed by atoms with Crippen molar-refractivity contribution < 1.29 is 36.3 Å². The maximum Gasteiger partial charge on any atom is 0.266 e. The topological polar surface area (TPSA) is 116 Å². The molecule has 5 fully saturated rings. The number of halogens is 2. The van der Waals surface area contributed by atoms with Crippen LogP contribution in [0.2, 0.25) is 0 Å². The minimum atomic E-state index is -3.31. The van der Waals surface area contributed by atoms with Gasteiger partial charge in [0.2, 0.25) is 21.8 Å². The van der Waals surface area contributed by atoms with Crippen molar-refractivity contribution in [2.75, 3.05) is 26.2 Å². The van der Waals surface area contributed by atoms with Crippen molar-refractivity contribution in [3.8, 4) is 5.75 Å². The zero-order valence-corrected chi connectivity index (χ0v) is 26.5. The number of sulfonamides is 1. The van der Waals surface area contributed by atoms with E-state index in [0.29, 0.717) is 61.8 Å². The highest BCUT2D eigenvalue weighted by molar-refractivity contribution is 7.90. The number of benzene rings is 1. The summed E-state index contributed by atoms with van der Waals surface area (Å²) in [6.07, 6.45) is 4.29. The van der Waals surface area contributed by atoms with Gasteiger partial charge >= 0.3 is 0 Å². The Morgan fingerprint density at radius 3 is 2.36 bits per heavy atom. The Balaban J connectivity index is 0.979. The summed E-state index contributed by atoms with van der Waals surface area (Å²) in [6, 6.07) is 3.20. The average Bonchev–Trinajstić information content (AvgIpc) is 3.27. The van der Waals surface area contributed by atoms with E-state index in [-0.39, 0.29) is 43.5 Å². The van der Waals surface area contributed by atoms with Crippen LogP contribution in [0.4, 0.5) is 8.78 Å². The molecule has 3 atom stereocenters. The molecule has 2 saturated carbocycles. The smallest absolute Gasteiger partial charge is 0.266 e. The third-order valence-corrected chi connectivity index (χ3v) is 14.1. The summed E-state index contributed by atoms with van der Waals surface area (Å²) < 4.78 is 64.5. The van der Waals surface area contributed by atoms with Crippen LogP contribution in [0, 0.1) is 11.8 Å². The lowest BCUT2D eigenvalue weighted by molar-refractivity contribution is -0.172. The fourth-order valence-corrected chi connectivity index (χ4v) is 10.6. The molecule has 0 aromatic heterocycles. The molecule has 1 unspecified atom stereocenters. The number of carbonyl (C=O) groups is 3. The molecule has 0 bridgehead atoms. The molecule has 2 aliphatic carbocycles. The predicted molar refractivity (Wildman–Crippen MR) is 160 cm³/mol. The first-order valence-electron chi connectivity index (χ1n) is 16.4. The van der Waals surface area contributed by atoms with Crippen LogP contribution in [-0.2, 0) is 26.2 Å². The standard InChI is InChI=1S/C32H42F2N4O6S/c1-31(11-3-12-31)45(42,43)37-14-9-20(10-15-37)22-17-36(18-22)28-26(4-2-13-32(28,33)34)44-23-5-6-24-21(16-23)19-38(30(24)41)25-7-8-27(39)35-29(25)40/h5-6,16,20,22,25-26,28H,2-4,7-15,17-19H2,1H3,(H,35,39,40)/t25?,26-,28+/m0/s1. The van der Waals surface area contributed by atoms with E-state index in [1.807, 2.05) is 11.8 Å². The minimum Gasteiger partial charge on any atom is -0.489 e. The normalized spacial score (nSPS) is 31.2. The number of ether oxygens (including phenoxy) is 1. The Labute approximate surface area is 262 Å². The number of nitrogens with zero attached hydrogens (tertiary/aromatic N) is 3. The molecule has 4 aliphatic heterocycles. The number of amides is 3. The van der Waals surface area contributed by atoms with Gasteiger partial charge in [0, 0.05) is 51.1 Å². The van der Waals surface area contributed by atoms with Gasteiger partial charge in [0.1, 0.15) is 23.9 Å². The van der Waals surface area contributed by atoms with Crippen LogP contribution in [-0.4, -0.2) is 95.3 Å². The number of carbonyl (C=O) groups excluding carboxylic acids is 3. The zero-order valence-electron chi connectivity index (χ0n) is 25.7. The number of fused-ring (bicyclic) bond motifs is 1. The maximum absolute atomic E-state index is 15.5. The third kappa shape index (κ3) is 5.36. The van der Waals surface area contributed by atoms with Crippen LogP contribution in [0.3, 0.4) is 0 Å². The molecule has 10 nitrogen and oxygen atoms in total. The van der Waals surface area contributed by atoms with Gasteiger partial charge in [0.05, 0.1) is 4.75 Å². The van der Waals surface area contributed by atoms with Gasteiger partial charge in [-0.15, -0.1) is 0 Å². The minimum absolute atomic E-state index is 0.167. The molecule has 1 N–H and O–H groups in total. The van der Waals surface area contributed by atoms with E-state index in [9.17, 15) is 22.8 Å². The summed E-state index contributed by atoms with van der Waals surface area (Å²) in [5, 5.41) is 2.30. The van der Waals surface area contributed by atoms with Gasteiger partial charge in [-0.1, -0.05) is 6.42 Å². The number of hydrogen-bond donors (Lipinski definition) is 1. The van der Waals surface area contributed by atoms with Crippen LogP contribution < -0.4 is 10.1 Å². The van der Waals surface area contributed by atoms with Crippen molar-refractivity contribution in [1.82, 2.24) is 19.4 Å². The van der Waals surface area contributed by atoms with Crippen molar-refractivity contribution in [3.05, 3.63) is 29.3 Å². The molecule has 1 aromatic rings. The Hall–Kier alpha value is -2.64. The van der Waals surface area contributed by atoms with E-state index in [1.165, 1.54) is 4.90 Å².